The Kier molecular flexibility index (Phi) is 4.54. The SMILES string of the molecule is N#Cc1cc(F)c(NCCS(N)(=O)=O)nc1-c1c[nH]c2ncc(F)cc12. The van der Waals surface area contributed by atoms with Crippen molar-refractivity contribution in [1.29, 1.82) is 5.26 Å². The molecule has 0 atom stereocenters. The lowest BCUT2D eigenvalue weighted by Crippen LogP contribution is -2.23. The van der Waals surface area contributed by atoms with Crippen LogP contribution in [0.15, 0.2) is 24.5 Å². The first-order chi connectivity index (χ1) is 12.3. The standard InChI is InChI=1S/C15H12F2N6O2S/c16-9-4-10-11(7-22-14(10)21-6-9)13-8(5-18)3-12(17)15(23-13)20-1-2-26(19,24)25/h3-4,6-7H,1-2H2,(H,20,23)(H,21,22)(H2,19,24,25). The molecule has 0 amide bonds. The lowest BCUT2D eigenvalue weighted by atomic mass is 10.1. The van der Waals surface area contributed by atoms with Crippen LogP contribution in [0.4, 0.5) is 14.6 Å². The predicted octanol–water partition coefficient (Wildman–Crippen LogP) is 1.48. The Morgan fingerprint density at radius 3 is 2.81 bits per heavy atom. The molecule has 4 N–H and O–H groups in total. The average molecular weight is 378 g/mol. The second-order valence-electron chi connectivity index (χ2n) is 5.37. The van der Waals surface area contributed by atoms with Crippen LogP contribution in [0.25, 0.3) is 22.3 Å². The van der Waals surface area contributed by atoms with E-state index in [-0.39, 0.29) is 23.6 Å². The molecule has 134 valence electrons. The summed E-state index contributed by atoms with van der Waals surface area (Å²) >= 11 is 0. The molecule has 0 aromatic carbocycles. The second kappa shape index (κ2) is 6.66. The van der Waals surface area contributed by atoms with Crippen molar-refractivity contribution in [2.45, 2.75) is 0 Å². The lowest BCUT2D eigenvalue weighted by Gasteiger charge is -2.09. The number of anilines is 1. The monoisotopic (exact) mass is 378 g/mol. The second-order valence-corrected chi connectivity index (χ2v) is 7.11. The van der Waals surface area contributed by atoms with E-state index in [4.69, 9.17) is 5.14 Å². The molecule has 0 bridgehead atoms. The number of nitrogens with two attached hydrogens (primary N) is 1. The first kappa shape index (κ1) is 17.7. The number of sulfonamides is 1. The van der Waals surface area contributed by atoms with E-state index in [0.717, 1.165) is 12.3 Å². The van der Waals surface area contributed by atoms with Gasteiger partial charge in [-0.1, -0.05) is 0 Å². The highest BCUT2D eigenvalue weighted by Gasteiger charge is 2.17. The number of H-pyrrole nitrogens is 1. The van der Waals surface area contributed by atoms with E-state index in [2.05, 4.69) is 20.3 Å². The number of halogens is 2. The zero-order valence-corrected chi connectivity index (χ0v) is 13.9. The molecule has 3 rings (SSSR count). The van der Waals surface area contributed by atoms with E-state index < -0.39 is 27.4 Å². The fraction of sp³-hybridized carbons (Fsp3) is 0.133. The molecular formula is C15H12F2N6O2S. The van der Waals surface area contributed by atoms with Gasteiger partial charge in [-0.3, -0.25) is 0 Å². The van der Waals surface area contributed by atoms with Gasteiger partial charge in [0.15, 0.2) is 11.6 Å². The molecule has 0 aliphatic rings. The van der Waals surface area contributed by atoms with Gasteiger partial charge in [-0.05, 0) is 12.1 Å². The highest BCUT2D eigenvalue weighted by molar-refractivity contribution is 7.89. The Hall–Kier alpha value is -3.10. The van der Waals surface area contributed by atoms with Crippen LogP contribution in [0.1, 0.15) is 5.56 Å². The van der Waals surface area contributed by atoms with Gasteiger partial charge in [0, 0.05) is 23.7 Å². The largest absolute Gasteiger partial charge is 0.367 e. The maximum absolute atomic E-state index is 14.1. The van der Waals surface area contributed by atoms with Gasteiger partial charge in [0.1, 0.15) is 17.5 Å². The van der Waals surface area contributed by atoms with Crippen molar-refractivity contribution in [3.8, 4) is 17.3 Å². The van der Waals surface area contributed by atoms with E-state index in [9.17, 15) is 22.5 Å². The number of nitrogens with zero attached hydrogens (tertiary/aromatic N) is 3. The van der Waals surface area contributed by atoms with Crippen LogP contribution in [0, 0.1) is 23.0 Å². The molecule has 0 saturated heterocycles. The highest BCUT2D eigenvalue weighted by atomic mass is 32.2. The van der Waals surface area contributed by atoms with Crippen molar-refractivity contribution in [2.75, 3.05) is 17.6 Å². The molecule has 0 spiro atoms. The maximum atomic E-state index is 14.1. The predicted molar refractivity (Wildman–Crippen MR) is 90.4 cm³/mol. The van der Waals surface area contributed by atoms with Crippen molar-refractivity contribution in [3.63, 3.8) is 0 Å². The van der Waals surface area contributed by atoms with Crippen LogP contribution < -0.4 is 10.5 Å². The molecule has 0 aliphatic heterocycles. The number of hydrogen-bond acceptors (Lipinski definition) is 6. The Labute approximate surface area is 146 Å². The van der Waals surface area contributed by atoms with Crippen molar-refractivity contribution in [1.82, 2.24) is 15.0 Å². The molecular weight excluding hydrogens is 366 g/mol. The van der Waals surface area contributed by atoms with Crippen molar-refractivity contribution in [2.24, 2.45) is 5.14 Å². The van der Waals surface area contributed by atoms with Crippen molar-refractivity contribution < 1.29 is 17.2 Å². The zero-order valence-electron chi connectivity index (χ0n) is 13.1. The summed E-state index contributed by atoms with van der Waals surface area (Å²) in [6, 6.07) is 4.02. The van der Waals surface area contributed by atoms with Crippen LogP contribution in [-0.4, -0.2) is 35.7 Å². The van der Waals surface area contributed by atoms with Crippen LogP contribution >= 0.6 is 0 Å². The summed E-state index contributed by atoms with van der Waals surface area (Å²) in [5.41, 5.74) is 0.772. The van der Waals surface area contributed by atoms with Gasteiger partial charge in [0.25, 0.3) is 0 Å². The number of primary sulfonamides is 1. The Bertz CT molecular complexity index is 1140. The fourth-order valence-electron chi connectivity index (χ4n) is 2.39. The molecule has 0 unspecified atom stereocenters. The minimum atomic E-state index is -3.73. The third-order valence-electron chi connectivity index (χ3n) is 3.53. The summed E-state index contributed by atoms with van der Waals surface area (Å²) in [5, 5.41) is 17.1. The minimum Gasteiger partial charge on any atom is -0.367 e. The highest BCUT2D eigenvalue weighted by Crippen LogP contribution is 2.31. The number of aromatic nitrogens is 3. The van der Waals surface area contributed by atoms with Crippen molar-refractivity contribution >= 4 is 26.9 Å². The van der Waals surface area contributed by atoms with Gasteiger partial charge < -0.3 is 10.3 Å². The normalized spacial score (nSPS) is 11.5. The van der Waals surface area contributed by atoms with Gasteiger partial charge in [0.2, 0.25) is 10.0 Å². The van der Waals surface area contributed by atoms with Crippen LogP contribution in [0.2, 0.25) is 0 Å². The molecule has 8 nitrogen and oxygen atoms in total. The molecule has 0 radical (unpaired) electrons. The van der Waals surface area contributed by atoms with Gasteiger partial charge in [-0.25, -0.2) is 32.3 Å². The lowest BCUT2D eigenvalue weighted by molar-refractivity contribution is 0.597. The van der Waals surface area contributed by atoms with Crippen LogP contribution in [-0.2, 0) is 10.0 Å². The van der Waals surface area contributed by atoms with Gasteiger partial charge in [-0.15, -0.1) is 0 Å². The summed E-state index contributed by atoms with van der Waals surface area (Å²) < 4.78 is 49.6. The van der Waals surface area contributed by atoms with E-state index >= 15 is 0 Å². The van der Waals surface area contributed by atoms with Gasteiger partial charge in [-0.2, -0.15) is 5.26 Å². The number of rotatable bonds is 5. The smallest absolute Gasteiger partial charge is 0.210 e. The summed E-state index contributed by atoms with van der Waals surface area (Å²) in [7, 11) is -3.73. The van der Waals surface area contributed by atoms with Crippen LogP contribution in [0.3, 0.4) is 0 Å². The topological polar surface area (TPSA) is 138 Å². The Morgan fingerprint density at radius 1 is 1.35 bits per heavy atom. The quantitative estimate of drug-likeness (QED) is 0.615. The summed E-state index contributed by atoms with van der Waals surface area (Å²) in [5.74, 6) is -2.08. The number of hydrogen-bond donors (Lipinski definition) is 3. The number of aromatic amines is 1. The fourth-order valence-corrected chi connectivity index (χ4v) is 2.78. The maximum Gasteiger partial charge on any atom is 0.210 e. The van der Waals surface area contributed by atoms with Gasteiger partial charge in [0.05, 0.1) is 23.2 Å². The van der Waals surface area contributed by atoms with Gasteiger partial charge >= 0.3 is 0 Å². The summed E-state index contributed by atoms with van der Waals surface area (Å²) in [4.78, 5) is 10.8. The van der Waals surface area contributed by atoms with E-state index in [1.807, 2.05) is 6.07 Å². The number of nitriles is 1. The molecule has 0 saturated carbocycles. The zero-order chi connectivity index (χ0) is 18.9. The van der Waals surface area contributed by atoms with E-state index in [1.165, 1.54) is 12.3 Å². The molecule has 3 heterocycles. The average Bonchev–Trinajstić information content (AvgIpc) is 2.97. The van der Waals surface area contributed by atoms with E-state index in [0.29, 0.717) is 16.6 Å². The number of pyridine rings is 2. The molecule has 11 heteroatoms. The summed E-state index contributed by atoms with van der Waals surface area (Å²) in [6.07, 6.45) is 2.51. The molecule has 0 fully saturated rings. The molecule has 0 aliphatic carbocycles. The Balaban J connectivity index is 2.06. The first-order valence-electron chi connectivity index (χ1n) is 7.26. The third kappa shape index (κ3) is 3.61. The summed E-state index contributed by atoms with van der Waals surface area (Å²) in [6.45, 7) is -0.168. The van der Waals surface area contributed by atoms with Crippen molar-refractivity contribution in [3.05, 3.63) is 41.7 Å². The molecule has 3 aromatic rings. The number of fused-ring (bicyclic) bond motifs is 1. The number of nitrogens with one attached hydrogen (secondary N) is 2. The first-order valence-corrected chi connectivity index (χ1v) is 8.98. The third-order valence-corrected chi connectivity index (χ3v) is 4.30. The molecule has 26 heavy (non-hydrogen) atoms. The minimum absolute atomic E-state index is 0.0651. The Morgan fingerprint density at radius 2 is 2.12 bits per heavy atom. The van der Waals surface area contributed by atoms with E-state index in [1.54, 1.807) is 0 Å². The molecule has 3 aromatic heterocycles. The van der Waals surface area contributed by atoms with Crippen LogP contribution in [0.5, 0.6) is 0 Å².